The fourth-order valence-electron chi connectivity index (χ4n) is 3.01. The van der Waals surface area contributed by atoms with Crippen molar-refractivity contribution in [1.29, 1.82) is 0 Å². The van der Waals surface area contributed by atoms with Gasteiger partial charge in [0.15, 0.2) is 5.78 Å². The predicted molar refractivity (Wildman–Crippen MR) is 94.1 cm³/mol. The van der Waals surface area contributed by atoms with Crippen LogP contribution in [0.2, 0.25) is 0 Å². The summed E-state index contributed by atoms with van der Waals surface area (Å²) in [7, 11) is 0. The number of aryl methyl sites for hydroxylation is 1. The van der Waals surface area contributed by atoms with Crippen LogP contribution in [-0.2, 0) is 0 Å². The molecule has 0 atom stereocenters. The third-order valence-corrected chi connectivity index (χ3v) is 4.32. The van der Waals surface area contributed by atoms with E-state index in [-0.39, 0.29) is 17.1 Å². The first-order valence-electron chi connectivity index (χ1n) is 7.76. The lowest BCUT2D eigenvalue weighted by atomic mass is 10.0. The number of furan rings is 1. The molecule has 25 heavy (non-hydrogen) atoms. The van der Waals surface area contributed by atoms with Gasteiger partial charge in [0.1, 0.15) is 28.2 Å². The number of carbonyl (C=O) groups is 1. The van der Waals surface area contributed by atoms with Gasteiger partial charge in [-0.1, -0.05) is 18.2 Å². The van der Waals surface area contributed by atoms with Gasteiger partial charge in [-0.3, -0.25) is 4.79 Å². The molecule has 4 aromatic rings. The van der Waals surface area contributed by atoms with E-state index in [4.69, 9.17) is 8.83 Å². The maximum absolute atomic E-state index is 12.4. The third kappa shape index (κ3) is 2.32. The SMILES string of the molecule is CC(=O)c1cc2c(C)c(-c3cc4ccccc4oc3=O)oc2cc1O. The topological polar surface area (TPSA) is 80.7 Å². The van der Waals surface area contributed by atoms with Crippen molar-refractivity contribution in [2.45, 2.75) is 13.8 Å². The molecule has 5 heteroatoms. The number of aromatic hydroxyl groups is 1. The van der Waals surface area contributed by atoms with Crippen LogP contribution < -0.4 is 5.63 Å². The van der Waals surface area contributed by atoms with E-state index in [2.05, 4.69) is 0 Å². The zero-order valence-electron chi connectivity index (χ0n) is 13.6. The van der Waals surface area contributed by atoms with Crippen molar-refractivity contribution >= 4 is 27.7 Å². The summed E-state index contributed by atoms with van der Waals surface area (Å²) in [4.78, 5) is 24.0. The summed E-state index contributed by atoms with van der Waals surface area (Å²) in [5.74, 6) is -0.0211. The minimum absolute atomic E-state index is 0.147. The summed E-state index contributed by atoms with van der Waals surface area (Å²) in [5, 5.41) is 11.4. The van der Waals surface area contributed by atoms with Crippen LogP contribution in [0.25, 0.3) is 33.3 Å². The summed E-state index contributed by atoms with van der Waals surface area (Å²) in [6.07, 6.45) is 0. The number of ketones is 1. The van der Waals surface area contributed by atoms with Crippen LogP contribution in [0.5, 0.6) is 5.75 Å². The Bertz CT molecular complexity index is 1210. The van der Waals surface area contributed by atoms with E-state index < -0.39 is 5.63 Å². The van der Waals surface area contributed by atoms with Gasteiger partial charge >= 0.3 is 5.63 Å². The number of rotatable bonds is 2. The summed E-state index contributed by atoms with van der Waals surface area (Å²) >= 11 is 0. The lowest BCUT2D eigenvalue weighted by Crippen LogP contribution is -2.02. The van der Waals surface area contributed by atoms with E-state index in [1.54, 1.807) is 31.2 Å². The first kappa shape index (κ1) is 15.2. The number of carbonyl (C=O) groups excluding carboxylic acids is 1. The average molecular weight is 334 g/mol. The molecule has 0 fully saturated rings. The lowest BCUT2D eigenvalue weighted by molar-refractivity contribution is 0.101. The fraction of sp³-hybridized carbons (Fsp3) is 0.100. The zero-order chi connectivity index (χ0) is 17.7. The molecule has 0 aliphatic heterocycles. The van der Waals surface area contributed by atoms with Crippen molar-refractivity contribution in [2.75, 3.05) is 0 Å². The molecule has 2 heterocycles. The summed E-state index contributed by atoms with van der Waals surface area (Å²) in [5.41, 5.74) is 1.63. The number of phenols is 1. The largest absolute Gasteiger partial charge is 0.507 e. The van der Waals surface area contributed by atoms with Crippen LogP contribution in [0, 0.1) is 6.92 Å². The number of hydrogen-bond acceptors (Lipinski definition) is 5. The van der Waals surface area contributed by atoms with Crippen molar-refractivity contribution in [2.24, 2.45) is 0 Å². The summed E-state index contributed by atoms with van der Waals surface area (Å²) < 4.78 is 11.2. The number of fused-ring (bicyclic) bond motifs is 2. The monoisotopic (exact) mass is 334 g/mol. The van der Waals surface area contributed by atoms with Crippen LogP contribution in [0.15, 0.2) is 56.1 Å². The van der Waals surface area contributed by atoms with Crippen molar-refractivity contribution in [3.8, 4) is 17.1 Å². The van der Waals surface area contributed by atoms with E-state index in [1.807, 2.05) is 12.1 Å². The Labute approximate surface area is 142 Å². The average Bonchev–Trinajstić information content (AvgIpc) is 2.89. The zero-order valence-corrected chi connectivity index (χ0v) is 13.6. The van der Waals surface area contributed by atoms with Crippen LogP contribution in [0.4, 0.5) is 0 Å². The van der Waals surface area contributed by atoms with Crippen LogP contribution in [-0.4, -0.2) is 10.9 Å². The van der Waals surface area contributed by atoms with Gasteiger partial charge < -0.3 is 13.9 Å². The van der Waals surface area contributed by atoms with E-state index in [9.17, 15) is 14.7 Å². The lowest BCUT2D eigenvalue weighted by Gasteiger charge is -2.00. The highest BCUT2D eigenvalue weighted by atomic mass is 16.4. The molecule has 0 saturated carbocycles. The molecule has 124 valence electrons. The highest BCUT2D eigenvalue weighted by Gasteiger charge is 2.19. The quantitative estimate of drug-likeness (QED) is 0.433. The first-order valence-corrected chi connectivity index (χ1v) is 7.76. The fourth-order valence-corrected chi connectivity index (χ4v) is 3.01. The maximum Gasteiger partial charge on any atom is 0.347 e. The third-order valence-electron chi connectivity index (χ3n) is 4.32. The van der Waals surface area contributed by atoms with Gasteiger partial charge in [0.05, 0.1) is 5.56 Å². The molecule has 0 aliphatic carbocycles. The van der Waals surface area contributed by atoms with Crippen molar-refractivity contribution in [3.05, 3.63) is 64.0 Å². The number of para-hydroxylation sites is 1. The van der Waals surface area contributed by atoms with Gasteiger partial charge in [0.25, 0.3) is 0 Å². The van der Waals surface area contributed by atoms with Crippen molar-refractivity contribution in [1.82, 2.24) is 0 Å². The second kappa shape index (κ2) is 5.34. The standard InChI is InChI=1S/C20H14O5/c1-10-13-8-14(11(2)21)16(22)9-18(13)24-19(10)15-7-12-5-3-4-6-17(12)25-20(15)23/h3-9,22H,1-2H3. The van der Waals surface area contributed by atoms with Crippen molar-refractivity contribution < 1.29 is 18.7 Å². The van der Waals surface area contributed by atoms with Gasteiger partial charge in [-0.25, -0.2) is 4.79 Å². The molecular formula is C20H14O5. The molecule has 5 nitrogen and oxygen atoms in total. The highest BCUT2D eigenvalue weighted by Crippen LogP contribution is 2.36. The summed E-state index contributed by atoms with van der Waals surface area (Å²) in [6, 6.07) is 11.9. The van der Waals surface area contributed by atoms with Gasteiger partial charge in [0.2, 0.25) is 0 Å². The Morgan fingerprint density at radius 1 is 1.04 bits per heavy atom. The maximum atomic E-state index is 12.4. The Morgan fingerprint density at radius 2 is 1.80 bits per heavy atom. The molecule has 4 rings (SSSR count). The van der Waals surface area contributed by atoms with Gasteiger partial charge in [-0.15, -0.1) is 0 Å². The number of Topliss-reactive ketones (excluding diaryl/α,β-unsaturated/α-hetero) is 1. The molecule has 2 aromatic carbocycles. The molecule has 2 aromatic heterocycles. The Kier molecular flexibility index (Phi) is 3.25. The second-order valence-corrected chi connectivity index (χ2v) is 5.96. The van der Waals surface area contributed by atoms with E-state index in [0.29, 0.717) is 33.4 Å². The van der Waals surface area contributed by atoms with E-state index in [0.717, 1.165) is 5.39 Å². The molecule has 0 bridgehead atoms. The Morgan fingerprint density at radius 3 is 2.56 bits per heavy atom. The van der Waals surface area contributed by atoms with Gasteiger partial charge in [-0.05, 0) is 32.0 Å². The predicted octanol–water partition coefficient (Wildman–Crippen LogP) is 4.42. The van der Waals surface area contributed by atoms with Gasteiger partial charge in [0, 0.05) is 22.4 Å². The number of hydrogen-bond donors (Lipinski definition) is 1. The minimum Gasteiger partial charge on any atom is -0.507 e. The van der Waals surface area contributed by atoms with Gasteiger partial charge in [-0.2, -0.15) is 0 Å². The Hall–Kier alpha value is -3.34. The molecule has 0 amide bonds. The normalized spacial score (nSPS) is 11.3. The number of phenolic OH excluding ortho intramolecular Hbond substituents is 1. The van der Waals surface area contributed by atoms with E-state index >= 15 is 0 Å². The molecular weight excluding hydrogens is 320 g/mol. The minimum atomic E-state index is -0.503. The molecule has 1 N–H and O–H groups in total. The van der Waals surface area contributed by atoms with Crippen LogP contribution >= 0.6 is 0 Å². The Balaban J connectivity index is 2.02. The van der Waals surface area contributed by atoms with E-state index in [1.165, 1.54) is 13.0 Å². The first-order chi connectivity index (χ1) is 12.0. The molecule has 0 saturated heterocycles. The second-order valence-electron chi connectivity index (χ2n) is 5.96. The van der Waals surface area contributed by atoms with Crippen LogP contribution in [0.3, 0.4) is 0 Å². The molecule has 0 unspecified atom stereocenters. The highest BCUT2D eigenvalue weighted by molar-refractivity contribution is 6.02. The number of benzene rings is 2. The van der Waals surface area contributed by atoms with Crippen molar-refractivity contribution in [3.63, 3.8) is 0 Å². The molecule has 0 radical (unpaired) electrons. The van der Waals surface area contributed by atoms with Crippen LogP contribution in [0.1, 0.15) is 22.8 Å². The smallest absolute Gasteiger partial charge is 0.347 e. The summed E-state index contributed by atoms with van der Waals surface area (Å²) in [6.45, 7) is 3.19. The molecule has 0 spiro atoms. The molecule has 0 aliphatic rings.